The second kappa shape index (κ2) is 12.5. The Morgan fingerprint density at radius 3 is 1.90 bits per heavy atom. The van der Waals surface area contributed by atoms with Crippen molar-refractivity contribution in [1.82, 2.24) is 4.90 Å². The molecule has 0 aliphatic rings. The van der Waals surface area contributed by atoms with Gasteiger partial charge in [0.1, 0.15) is 0 Å². The van der Waals surface area contributed by atoms with Crippen LogP contribution in [-0.4, -0.2) is 68.2 Å². The second-order valence-corrected chi connectivity index (χ2v) is 5.47. The minimum atomic E-state index is -0.0293. The van der Waals surface area contributed by atoms with Crippen molar-refractivity contribution in [3.63, 3.8) is 0 Å². The van der Waals surface area contributed by atoms with Gasteiger partial charge in [-0.05, 0) is 26.2 Å². The number of aliphatic hydroxyl groups is 1. The van der Waals surface area contributed by atoms with Gasteiger partial charge in [0, 0.05) is 38.4 Å². The van der Waals surface area contributed by atoms with E-state index in [1.165, 1.54) is 0 Å². The maximum absolute atomic E-state index is 9.69. The van der Waals surface area contributed by atoms with Crippen molar-refractivity contribution in [2.75, 3.05) is 46.1 Å². The molecule has 0 saturated carbocycles. The van der Waals surface area contributed by atoms with E-state index in [-0.39, 0.29) is 18.7 Å². The van der Waals surface area contributed by atoms with Crippen LogP contribution < -0.4 is 5.73 Å². The highest BCUT2D eigenvalue weighted by atomic mass is 16.5. The average molecular weight is 290 g/mol. The van der Waals surface area contributed by atoms with E-state index in [2.05, 4.69) is 18.7 Å². The van der Waals surface area contributed by atoms with Crippen molar-refractivity contribution in [3.8, 4) is 0 Å². The van der Waals surface area contributed by atoms with Crippen LogP contribution in [0.1, 0.15) is 34.1 Å². The van der Waals surface area contributed by atoms with Crippen molar-refractivity contribution >= 4 is 0 Å². The second-order valence-electron chi connectivity index (χ2n) is 5.47. The summed E-state index contributed by atoms with van der Waals surface area (Å²) in [6.07, 6.45) is 0.908. The number of hydrogen-bond acceptors (Lipinski definition) is 5. The van der Waals surface area contributed by atoms with Gasteiger partial charge in [0.15, 0.2) is 0 Å². The number of aliphatic hydroxyl groups excluding tert-OH is 1. The summed E-state index contributed by atoms with van der Waals surface area (Å²) in [5.41, 5.74) is 6.26. The Labute approximate surface area is 124 Å². The van der Waals surface area contributed by atoms with Gasteiger partial charge in [-0.2, -0.15) is 0 Å². The molecule has 5 nitrogen and oxygen atoms in total. The summed E-state index contributed by atoms with van der Waals surface area (Å²) in [6, 6.07) is -0.0541. The molecule has 5 heteroatoms. The van der Waals surface area contributed by atoms with E-state index in [0.29, 0.717) is 32.3 Å². The number of ether oxygens (including phenoxy) is 2. The number of nitrogens with two attached hydrogens (primary N) is 1. The van der Waals surface area contributed by atoms with E-state index < -0.39 is 0 Å². The lowest BCUT2D eigenvalue weighted by molar-refractivity contribution is 0.0349. The summed E-state index contributed by atoms with van der Waals surface area (Å²) in [6.45, 7) is 12.6. The zero-order valence-electron chi connectivity index (χ0n) is 13.7. The highest BCUT2D eigenvalue weighted by Gasteiger charge is 2.24. The zero-order valence-corrected chi connectivity index (χ0v) is 13.7. The molecule has 3 N–H and O–H groups in total. The molecule has 0 spiro atoms. The standard InChI is InChI=1S/C15H34N2O3/c1-5-19-9-7-17(8-10-20-6-2)15(12-18)14(16)11-13(3)4/h13-15,18H,5-12,16H2,1-4H3. The molecule has 0 aromatic carbocycles. The topological polar surface area (TPSA) is 68.0 Å². The Balaban J connectivity index is 4.47. The van der Waals surface area contributed by atoms with E-state index in [0.717, 1.165) is 19.5 Å². The van der Waals surface area contributed by atoms with E-state index in [1.54, 1.807) is 0 Å². The van der Waals surface area contributed by atoms with Crippen LogP contribution >= 0.6 is 0 Å². The van der Waals surface area contributed by atoms with Gasteiger partial charge in [0.2, 0.25) is 0 Å². The molecule has 0 aliphatic carbocycles. The monoisotopic (exact) mass is 290 g/mol. The Hall–Kier alpha value is -0.200. The van der Waals surface area contributed by atoms with Gasteiger partial charge in [-0.1, -0.05) is 13.8 Å². The molecular formula is C15H34N2O3. The predicted octanol–water partition coefficient (Wildman–Crippen LogP) is 1.10. The van der Waals surface area contributed by atoms with E-state index in [1.807, 2.05) is 13.8 Å². The molecule has 0 rings (SSSR count). The Morgan fingerprint density at radius 2 is 1.55 bits per heavy atom. The highest BCUT2D eigenvalue weighted by Crippen LogP contribution is 2.11. The van der Waals surface area contributed by atoms with E-state index in [9.17, 15) is 5.11 Å². The van der Waals surface area contributed by atoms with Crippen LogP contribution in [-0.2, 0) is 9.47 Å². The highest BCUT2D eigenvalue weighted by molar-refractivity contribution is 4.82. The number of hydrogen-bond donors (Lipinski definition) is 2. The number of nitrogens with zero attached hydrogens (tertiary/aromatic N) is 1. The first-order chi connectivity index (χ1) is 9.56. The average Bonchev–Trinajstić information content (AvgIpc) is 2.38. The van der Waals surface area contributed by atoms with Crippen molar-refractivity contribution in [3.05, 3.63) is 0 Å². The number of rotatable bonds is 13. The van der Waals surface area contributed by atoms with Gasteiger partial charge in [0.25, 0.3) is 0 Å². The molecule has 0 aromatic heterocycles. The normalized spacial score (nSPS) is 15.0. The van der Waals surface area contributed by atoms with Crippen molar-refractivity contribution in [2.45, 2.75) is 46.2 Å². The van der Waals surface area contributed by atoms with Gasteiger partial charge < -0.3 is 20.3 Å². The third kappa shape index (κ3) is 8.87. The molecule has 0 heterocycles. The zero-order chi connectivity index (χ0) is 15.4. The Morgan fingerprint density at radius 1 is 1.05 bits per heavy atom. The molecule has 2 atom stereocenters. The fraction of sp³-hybridized carbons (Fsp3) is 1.00. The lowest BCUT2D eigenvalue weighted by Crippen LogP contribution is -2.52. The lowest BCUT2D eigenvalue weighted by Gasteiger charge is -2.35. The van der Waals surface area contributed by atoms with Crippen molar-refractivity contribution in [1.29, 1.82) is 0 Å². The molecule has 0 aromatic rings. The summed E-state index contributed by atoms with van der Waals surface area (Å²) in [5, 5.41) is 9.69. The largest absolute Gasteiger partial charge is 0.395 e. The fourth-order valence-electron chi connectivity index (χ4n) is 2.32. The first-order valence-electron chi connectivity index (χ1n) is 7.82. The molecule has 0 radical (unpaired) electrons. The summed E-state index contributed by atoms with van der Waals surface area (Å²) in [5.74, 6) is 0.527. The quantitative estimate of drug-likeness (QED) is 0.497. The maximum atomic E-state index is 9.69. The van der Waals surface area contributed by atoms with Crippen LogP contribution in [0, 0.1) is 5.92 Å². The van der Waals surface area contributed by atoms with Crippen molar-refractivity contribution < 1.29 is 14.6 Å². The SMILES string of the molecule is CCOCCN(CCOCC)C(CO)C(N)CC(C)C. The lowest BCUT2D eigenvalue weighted by atomic mass is 9.97. The third-order valence-electron chi connectivity index (χ3n) is 3.35. The van der Waals surface area contributed by atoms with Gasteiger partial charge in [-0.3, -0.25) is 4.90 Å². The molecule has 0 bridgehead atoms. The predicted molar refractivity (Wildman–Crippen MR) is 82.9 cm³/mol. The first kappa shape index (κ1) is 19.8. The van der Waals surface area contributed by atoms with Gasteiger partial charge >= 0.3 is 0 Å². The molecule has 20 heavy (non-hydrogen) atoms. The molecule has 0 amide bonds. The fourth-order valence-corrected chi connectivity index (χ4v) is 2.32. The molecule has 0 aliphatic heterocycles. The molecular weight excluding hydrogens is 256 g/mol. The van der Waals surface area contributed by atoms with Crippen LogP contribution in [0.15, 0.2) is 0 Å². The van der Waals surface area contributed by atoms with Crippen LogP contribution in [0.5, 0.6) is 0 Å². The van der Waals surface area contributed by atoms with Gasteiger partial charge in [-0.15, -0.1) is 0 Å². The maximum Gasteiger partial charge on any atom is 0.0602 e. The first-order valence-corrected chi connectivity index (χ1v) is 7.82. The molecule has 0 fully saturated rings. The van der Waals surface area contributed by atoms with Crippen LogP contribution in [0.2, 0.25) is 0 Å². The summed E-state index contributed by atoms with van der Waals surface area (Å²) in [7, 11) is 0. The summed E-state index contributed by atoms with van der Waals surface area (Å²) in [4.78, 5) is 2.19. The molecule has 0 saturated heterocycles. The van der Waals surface area contributed by atoms with Gasteiger partial charge in [0.05, 0.1) is 19.8 Å². The van der Waals surface area contributed by atoms with E-state index >= 15 is 0 Å². The smallest absolute Gasteiger partial charge is 0.0602 e. The van der Waals surface area contributed by atoms with E-state index in [4.69, 9.17) is 15.2 Å². The molecule has 122 valence electrons. The Kier molecular flexibility index (Phi) is 12.4. The van der Waals surface area contributed by atoms with Crippen LogP contribution in [0.3, 0.4) is 0 Å². The van der Waals surface area contributed by atoms with Crippen LogP contribution in [0.25, 0.3) is 0 Å². The van der Waals surface area contributed by atoms with Gasteiger partial charge in [-0.25, -0.2) is 0 Å². The molecule has 2 unspecified atom stereocenters. The summed E-state index contributed by atoms with van der Waals surface area (Å²) < 4.78 is 10.8. The minimum absolute atomic E-state index is 0.0248. The minimum Gasteiger partial charge on any atom is -0.395 e. The Bertz CT molecular complexity index is 205. The third-order valence-corrected chi connectivity index (χ3v) is 3.35. The summed E-state index contributed by atoms with van der Waals surface area (Å²) >= 11 is 0. The van der Waals surface area contributed by atoms with Crippen LogP contribution in [0.4, 0.5) is 0 Å². The van der Waals surface area contributed by atoms with Crippen molar-refractivity contribution in [2.24, 2.45) is 11.7 Å².